The molecule has 0 spiro atoms. The number of ether oxygens (including phenoxy) is 1. The quantitative estimate of drug-likeness (QED) is 0.868. The smallest absolute Gasteiger partial charge is 0.273 e. The number of nitrogens with one attached hydrogen (secondary N) is 1. The highest BCUT2D eigenvalue weighted by molar-refractivity contribution is 6.03. The molecule has 0 fully saturated rings. The van der Waals surface area contributed by atoms with Crippen molar-refractivity contribution in [1.82, 2.24) is 9.55 Å². The number of nitrogens with zero attached hydrogens (tertiary/aromatic N) is 2. The third-order valence-electron chi connectivity index (χ3n) is 2.84. The van der Waals surface area contributed by atoms with Gasteiger partial charge in [0.25, 0.3) is 5.91 Å². The largest absolute Gasteiger partial charge is 0.494 e. The van der Waals surface area contributed by atoms with Gasteiger partial charge in [-0.05, 0) is 25.1 Å². The molecule has 0 aliphatic heterocycles. The second kappa shape index (κ2) is 6.21. The zero-order valence-corrected chi connectivity index (χ0v) is 11.5. The van der Waals surface area contributed by atoms with E-state index in [1.54, 1.807) is 36.1 Å². The number of imidazole rings is 1. The molecule has 6 heteroatoms. The van der Waals surface area contributed by atoms with Crippen LogP contribution < -0.4 is 10.1 Å². The lowest BCUT2D eigenvalue weighted by Gasteiger charge is -2.11. The van der Waals surface area contributed by atoms with Crippen LogP contribution in [0.2, 0.25) is 0 Å². The summed E-state index contributed by atoms with van der Waals surface area (Å²) >= 11 is 0. The van der Waals surface area contributed by atoms with Crippen molar-refractivity contribution < 1.29 is 14.6 Å². The van der Waals surface area contributed by atoms with Crippen LogP contribution in [-0.2, 0) is 13.7 Å². The fourth-order valence-electron chi connectivity index (χ4n) is 1.85. The Morgan fingerprint density at radius 1 is 1.50 bits per heavy atom. The number of aromatic nitrogens is 2. The molecule has 1 aromatic heterocycles. The highest BCUT2D eigenvalue weighted by atomic mass is 16.5. The van der Waals surface area contributed by atoms with Crippen LogP contribution in [0.1, 0.15) is 23.0 Å². The monoisotopic (exact) mass is 275 g/mol. The van der Waals surface area contributed by atoms with E-state index in [1.165, 1.54) is 6.20 Å². The molecule has 1 heterocycles. The lowest BCUT2D eigenvalue weighted by atomic mass is 10.2. The van der Waals surface area contributed by atoms with Crippen molar-refractivity contribution >= 4 is 11.6 Å². The number of carbonyl (C=O) groups excluding carboxylic acids is 1. The molecule has 2 rings (SSSR count). The van der Waals surface area contributed by atoms with Crippen molar-refractivity contribution in [2.75, 3.05) is 11.9 Å². The fraction of sp³-hybridized carbons (Fsp3) is 0.286. The van der Waals surface area contributed by atoms with Crippen LogP contribution in [0, 0.1) is 0 Å². The van der Waals surface area contributed by atoms with Crippen LogP contribution in [0.5, 0.6) is 5.75 Å². The van der Waals surface area contributed by atoms with Gasteiger partial charge in [0.1, 0.15) is 11.4 Å². The van der Waals surface area contributed by atoms with E-state index in [0.717, 1.165) is 0 Å². The first-order valence-electron chi connectivity index (χ1n) is 6.30. The highest BCUT2D eigenvalue weighted by Gasteiger charge is 2.11. The lowest BCUT2D eigenvalue weighted by Crippen LogP contribution is -2.15. The van der Waals surface area contributed by atoms with Crippen molar-refractivity contribution in [2.45, 2.75) is 13.5 Å². The topological polar surface area (TPSA) is 76.4 Å². The number of aliphatic hydroxyl groups excluding tert-OH is 1. The van der Waals surface area contributed by atoms with E-state index in [2.05, 4.69) is 10.3 Å². The van der Waals surface area contributed by atoms with Gasteiger partial charge in [-0.3, -0.25) is 4.79 Å². The maximum atomic E-state index is 12.0. The number of aryl methyl sites for hydroxylation is 1. The first-order valence-corrected chi connectivity index (χ1v) is 6.30. The Bertz CT molecular complexity index is 607. The van der Waals surface area contributed by atoms with Gasteiger partial charge in [-0.1, -0.05) is 0 Å². The Hall–Kier alpha value is -2.34. The Morgan fingerprint density at radius 3 is 2.90 bits per heavy atom. The molecule has 2 N–H and O–H groups in total. The first kappa shape index (κ1) is 14.1. The molecule has 0 unspecified atom stereocenters. The maximum absolute atomic E-state index is 12.0. The Kier molecular flexibility index (Phi) is 4.37. The summed E-state index contributed by atoms with van der Waals surface area (Å²) in [6, 6.07) is 5.16. The Labute approximate surface area is 117 Å². The maximum Gasteiger partial charge on any atom is 0.273 e. The number of hydrogen-bond donors (Lipinski definition) is 2. The highest BCUT2D eigenvalue weighted by Crippen LogP contribution is 2.23. The summed E-state index contributed by atoms with van der Waals surface area (Å²) in [5.41, 5.74) is 1.70. The van der Waals surface area contributed by atoms with Crippen molar-refractivity contribution in [2.24, 2.45) is 7.05 Å². The molecular formula is C14H17N3O3. The standard InChI is InChI=1S/C14H17N3O3/c1-3-20-13-5-4-11(6-10(13)8-18)16-14(19)12-7-15-9-17(12)2/h4-7,9,18H,3,8H2,1-2H3,(H,16,19). The van der Waals surface area contributed by atoms with E-state index < -0.39 is 0 Å². The molecule has 0 bridgehead atoms. The summed E-state index contributed by atoms with van der Waals surface area (Å²) in [6.45, 7) is 2.25. The van der Waals surface area contributed by atoms with Crippen molar-refractivity contribution in [3.63, 3.8) is 0 Å². The summed E-state index contributed by atoms with van der Waals surface area (Å²) in [5, 5.41) is 12.1. The minimum atomic E-state index is -0.252. The average molecular weight is 275 g/mol. The van der Waals surface area contributed by atoms with E-state index in [1.807, 2.05) is 6.92 Å². The van der Waals surface area contributed by atoms with E-state index >= 15 is 0 Å². The van der Waals surface area contributed by atoms with Crippen LogP contribution >= 0.6 is 0 Å². The summed E-state index contributed by atoms with van der Waals surface area (Å²) < 4.78 is 7.03. The average Bonchev–Trinajstić information content (AvgIpc) is 2.87. The number of benzene rings is 1. The van der Waals surface area contributed by atoms with Gasteiger partial charge in [-0.25, -0.2) is 4.98 Å². The molecular weight excluding hydrogens is 258 g/mol. The van der Waals surface area contributed by atoms with Crippen LogP contribution in [0.25, 0.3) is 0 Å². The van der Waals surface area contributed by atoms with Gasteiger partial charge in [-0.2, -0.15) is 0 Å². The second-order valence-corrected chi connectivity index (χ2v) is 4.26. The molecule has 6 nitrogen and oxygen atoms in total. The van der Waals surface area contributed by atoms with Crippen molar-refractivity contribution in [3.05, 3.63) is 42.0 Å². The normalized spacial score (nSPS) is 10.3. The van der Waals surface area contributed by atoms with Crippen LogP contribution in [0.3, 0.4) is 0 Å². The zero-order chi connectivity index (χ0) is 14.5. The number of hydrogen-bond acceptors (Lipinski definition) is 4. The molecule has 2 aromatic rings. The van der Waals surface area contributed by atoms with Gasteiger partial charge in [0, 0.05) is 18.3 Å². The molecule has 106 valence electrons. The lowest BCUT2D eigenvalue weighted by molar-refractivity contribution is 0.101. The zero-order valence-electron chi connectivity index (χ0n) is 11.5. The van der Waals surface area contributed by atoms with Gasteiger partial charge in [0.15, 0.2) is 0 Å². The predicted octanol–water partition coefficient (Wildman–Crippen LogP) is 1.56. The van der Waals surface area contributed by atoms with Gasteiger partial charge in [0.05, 0.1) is 25.7 Å². The molecule has 1 aromatic carbocycles. The van der Waals surface area contributed by atoms with Gasteiger partial charge < -0.3 is 19.7 Å². The Morgan fingerprint density at radius 2 is 2.30 bits per heavy atom. The third-order valence-corrected chi connectivity index (χ3v) is 2.84. The van der Waals surface area contributed by atoms with Crippen molar-refractivity contribution in [1.29, 1.82) is 0 Å². The van der Waals surface area contributed by atoms with Crippen LogP contribution in [0.4, 0.5) is 5.69 Å². The van der Waals surface area contributed by atoms with Crippen LogP contribution in [0.15, 0.2) is 30.7 Å². The molecule has 0 saturated carbocycles. The summed E-state index contributed by atoms with van der Waals surface area (Å²) in [6.07, 6.45) is 3.06. The molecule has 0 aliphatic rings. The number of amides is 1. The first-order chi connectivity index (χ1) is 9.65. The third kappa shape index (κ3) is 2.97. The minimum absolute atomic E-state index is 0.148. The molecule has 1 amide bonds. The number of carbonyl (C=O) groups is 1. The van der Waals surface area contributed by atoms with Gasteiger partial charge >= 0.3 is 0 Å². The molecule has 0 saturated heterocycles. The van der Waals surface area contributed by atoms with E-state index in [9.17, 15) is 9.90 Å². The fourth-order valence-corrected chi connectivity index (χ4v) is 1.85. The molecule has 0 aliphatic carbocycles. The summed E-state index contributed by atoms with van der Waals surface area (Å²) in [7, 11) is 1.75. The van der Waals surface area contributed by atoms with Crippen molar-refractivity contribution in [3.8, 4) is 5.75 Å². The number of anilines is 1. The van der Waals surface area contributed by atoms with E-state index in [4.69, 9.17) is 4.74 Å². The predicted molar refractivity (Wildman–Crippen MR) is 74.7 cm³/mol. The SMILES string of the molecule is CCOc1ccc(NC(=O)c2cncn2C)cc1CO. The number of rotatable bonds is 5. The molecule has 20 heavy (non-hydrogen) atoms. The second-order valence-electron chi connectivity index (χ2n) is 4.26. The Balaban J connectivity index is 2.18. The van der Waals surface area contributed by atoms with Gasteiger partial charge in [0.2, 0.25) is 0 Å². The number of aliphatic hydroxyl groups is 1. The van der Waals surface area contributed by atoms with Gasteiger partial charge in [-0.15, -0.1) is 0 Å². The summed E-state index contributed by atoms with van der Waals surface area (Å²) in [4.78, 5) is 15.9. The minimum Gasteiger partial charge on any atom is -0.494 e. The van der Waals surface area contributed by atoms with Crippen LogP contribution in [-0.4, -0.2) is 27.2 Å². The van der Waals surface area contributed by atoms with E-state index in [-0.39, 0.29) is 12.5 Å². The van der Waals surface area contributed by atoms with E-state index in [0.29, 0.717) is 29.3 Å². The molecule has 0 radical (unpaired) electrons. The summed E-state index contributed by atoms with van der Waals surface area (Å²) in [5.74, 6) is 0.367. The molecule has 0 atom stereocenters.